The summed E-state index contributed by atoms with van der Waals surface area (Å²) < 4.78 is 1.96. The first kappa shape index (κ1) is 15.9. The summed E-state index contributed by atoms with van der Waals surface area (Å²) in [5.74, 6) is 1.45. The van der Waals surface area contributed by atoms with Crippen LogP contribution in [0.25, 0.3) is 0 Å². The van der Waals surface area contributed by atoms with E-state index in [1.807, 2.05) is 11.7 Å². The first-order chi connectivity index (χ1) is 9.99. The molecule has 1 aliphatic heterocycles. The lowest BCUT2D eigenvalue weighted by Gasteiger charge is -2.31. The zero-order chi connectivity index (χ0) is 15.4. The van der Waals surface area contributed by atoms with Gasteiger partial charge in [-0.2, -0.15) is 5.10 Å². The predicted molar refractivity (Wildman–Crippen MR) is 87.5 cm³/mol. The molecule has 118 valence electrons. The molecule has 0 aromatic carbocycles. The number of piperidine rings is 1. The van der Waals surface area contributed by atoms with Gasteiger partial charge in [0, 0.05) is 32.4 Å². The number of hydrogen-bond acceptors (Lipinski definition) is 2. The zero-order valence-corrected chi connectivity index (χ0v) is 13.9. The van der Waals surface area contributed by atoms with Crippen LogP contribution in [0, 0.1) is 19.8 Å². The highest BCUT2D eigenvalue weighted by atomic mass is 15.3. The number of aromatic nitrogens is 2. The number of guanidine groups is 1. The molecular formula is C16H29N5. The predicted octanol–water partition coefficient (Wildman–Crippen LogP) is 2.02. The Morgan fingerprint density at radius 3 is 2.81 bits per heavy atom. The van der Waals surface area contributed by atoms with Gasteiger partial charge in [0.05, 0.1) is 5.69 Å². The van der Waals surface area contributed by atoms with Gasteiger partial charge in [0.15, 0.2) is 5.96 Å². The van der Waals surface area contributed by atoms with Crippen LogP contribution in [0.1, 0.15) is 43.1 Å². The number of aliphatic imine (C=N–C) groups is 1. The summed E-state index contributed by atoms with van der Waals surface area (Å²) >= 11 is 0. The van der Waals surface area contributed by atoms with Crippen molar-refractivity contribution < 1.29 is 0 Å². The molecule has 1 atom stereocenters. The first-order valence-electron chi connectivity index (χ1n) is 8.03. The average Bonchev–Trinajstić information content (AvgIpc) is 2.69. The second-order valence-electron chi connectivity index (χ2n) is 6.31. The van der Waals surface area contributed by atoms with E-state index in [-0.39, 0.29) is 0 Å². The largest absolute Gasteiger partial charge is 0.370 e. The van der Waals surface area contributed by atoms with Gasteiger partial charge < -0.3 is 10.6 Å². The third-order valence-electron chi connectivity index (χ3n) is 4.50. The third kappa shape index (κ3) is 3.99. The Labute approximate surface area is 128 Å². The van der Waals surface area contributed by atoms with Crippen molar-refractivity contribution >= 4 is 5.96 Å². The molecule has 1 saturated heterocycles. The normalized spacial score (nSPS) is 20.1. The van der Waals surface area contributed by atoms with Gasteiger partial charge in [-0.05, 0) is 51.0 Å². The van der Waals surface area contributed by atoms with Crippen LogP contribution in [0.4, 0.5) is 0 Å². The van der Waals surface area contributed by atoms with Gasteiger partial charge in [-0.1, -0.05) is 6.92 Å². The van der Waals surface area contributed by atoms with Crippen molar-refractivity contribution in [3.8, 4) is 0 Å². The van der Waals surface area contributed by atoms with Crippen molar-refractivity contribution in [2.75, 3.05) is 19.6 Å². The molecule has 1 aromatic heterocycles. The topological polar surface area (TPSA) is 59.4 Å². The Balaban J connectivity index is 1.82. The highest BCUT2D eigenvalue weighted by Gasteiger charge is 2.17. The van der Waals surface area contributed by atoms with Crippen molar-refractivity contribution in [2.45, 2.75) is 46.5 Å². The number of nitrogens with zero attached hydrogens (tertiary/aromatic N) is 4. The molecule has 5 nitrogen and oxygen atoms in total. The average molecular weight is 291 g/mol. The molecule has 0 aliphatic carbocycles. The summed E-state index contributed by atoms with van der Waals surface area (Å²) in [6.07, 6.45) is 4.59. The van der Waals surface area contributed by atoms with Crippen molar-refractivity contribution in [1.82, 2.24) is 14.7 Å². The summed E-state index contributed by atoms with van der Waals surface area (Å²) in [5, 5.41) is 4.45. The standard InChI is InChI=1S/C16H29N5/c1-12-7-6-10-21(11-12)16(17)18-9-5-8-15-13(2)19-20(4)14(15)3/h12H,5-11H2,1-4H3,(H2,17,18). The number of nitrogens with two attached hydrogens (primary N) is 1. The monoisotopic (exact) mass is 291 g/mol. The van der Waals surface area contributed by atoms with Crippen LogP contribution < -0.4 is 5.73 Å². The van der Waals surface area contributed by atoms with E-state index in [9.17, 15) is 0 Å². The molecular weight excluding hydrogens is 262 g/mol. The van der Waals surface area contributed by atoms with E-state index in [0.717, 1.165) is 50.0 Å². The maximum absolute atomic E-state index is 6.11. The van der Waals surface area contributed by atoms with E-state index >= 15 is 0 Å². The minimum absolute atomic E-state index is 0.723. The van der Waals surface area contributed by atoms with Crippen molar-refractivity contribution in [3.63, 3.8) is 0 Å². The van der Waals surface area contributed by atoms with Gasteiger partial charge in [-0.25, -0.2) is 0 Å². The quantitative estimate of drug-likeness (QED) is 0.524. The molecule has 1 aliphatic rings. The molecule has 1 fully saturated rings. The van der Waals surface area contributed by atoms with Crippen LogP contribution in [-0.2, 0) is 13.5 Å². The van der Waals surface area contributed by atoms with Gasteiger partial charge in [-0.15, -0.1) is 0 Å². The van der Waals surface area contributed by atoms with Gasteiger partial charge >= 0.3 is 0 Å². The zero-order valence-electron chi connectivity index (χ0n) is 13.9. The van der Waals surface area contributed by atoms with Gasteiger partial charge in [0.25, 0.3) is 0 Å². The lowest BCUT2D eigenvalue weighted by molar-refractivity contribution is 0.270. The van der Waals surface area contributed by atoms with Crippen molar-refractivity contribution in [2.24, 2.45) is 23.7 Å². The van der Waals surface area contributed by atoms with Crippen molar-refractivity contribution in [1.29, 1.82) is 0 Å². The molecule has 0 radical (unpaired) electrons. The molecule has 21 heavy (non-hydrogen) atoms. The Morgan fingerprint density at radius 2 is 2.19 bits per heavy atom. The summed E-state index contributed by atoms with van der Waals surface area (Å²) in [7, 11) is 2.00. The number of hydrogen-bond donors (Lipinski definition) is 1. The fourth-order valence-corrected chi connectivity index (χ4v) is 3.13. The van der Waals surface area contributed by atoms with E-state index < -0.39 is 0 Å². The molecule has 2 N–H and O–H groups in total. The summed E-state index contributed by atoms with van der Waals surface area (Å²) in [6.45, 7) is 9.39. The highest BCUT2D eigenvalue weighted by Crippen LogP contribution is 2.16. The molecule has 0 saturated carbocycles. The Bertz CT molecular complexity index is 503. The third-order valence-corrected chi connectivity index (χ3v) is 4.50. The maximum atomic E-state index is 6.11. The molecule has 2 heterocycles. The fourth-order valence-electron chi connectivity index (χ4n) is 3.13. The summed E-state index contributed by atoms with van der Waals surface area (Å²) in [5.41, 5.74) is 9.87. The minimum Gasteiger partial charge on any atom is -0.370 e. The number of rotatable bonds is 4. The molecule has 1 unspecified atom stereocenters. The second-order valence-corrected chi connectivity index (χ2v) is 6.31. The molecule has 0 spiro atoms. The molecule has 1 aromatic rings. The minimum atomic E-state index is 0.723. The second kappa shape index (κ2) is 6.96. The van der Waals surface area contributed by atoms with E-state index in [1.165, 1.54) is 24.1 Å². The fraction of sp³-hybridized carbons (Fsp3) is 0.750. The van der Waals surface area contributed by atoms with Crippen LogP contribution in [0.5, 0.6) is 0 Å². The van der Waals surface area contributed by atoms with Crippen LogP contribution in [0.3, 0.4) is 0 Å². The van der Waals surface area contributed by atoms with Crippen LogP contribution >= 0.6 is 0 Å². The number of likely N-dealkylation sites (tertiary alicyclic amines) is 1. The molecule has 2 rings (SSSR count). The van der Waals surface area contributed by atoms with Gasteiger partial charge in [-0.3, -0.25) is 9.67 Å². The van der Waals surface area contributed by atoms with Gasteiger partial charge in [0.2, 0.25) is 0 Å². The van der Waals surface area contributed by atoms with E-state index in [1.54, 1.807) is 0 Å². The SMILES string of the molecule is Cc1nn(C)c(C)c1CCCN=C(N)N1CCCC(C)C1. The maximum Gasteiger partial charge on any atom is 0.191 e. The number of aryl methyl sites for hydroxylation is 2. The molecule has 0 bridgehead atoms. The van der Waals surface area contributed by atoms with Crippen molar-refractivity contribution in [3.05, 3.63) is 17.0 Å². The summed E-state index contributed by atoms with van der Waals surface area (Å²) in [4.78, 5) is 6.79. The lowest BCUT2D eigenvalue weighted by Crippen LogP contribution is -2.43. The first-order valence-corrected chi connectivity index (χ1v) is 8.03. The van der Waals surface area contributed by atoms with Crippen LogP contribution in [0.2, 0.25) is 0 Å². The molecule has 0 amide bonds. The van der Waals surface area contributed by atoms with Crippen LogP contribution in [-0.4, -0.2) is 40.3 Å². The Kier molecular flexibility index (Phi) is 5.26. The van der Waals surface area contributed by atoms with E-state index in [0.29, 0.717) is 0 Å². The van der Waals surface area contributed by atoms with Crippen LogP contribution in [0.15, 0.2) is 4.99 Å². The van der Waals surface area contributed by atoms with Gasteiger partial charge in [0.1, 0.15) is 0 Å². The lowest BCUT2D eigenvalue weighted by atomic mass is 10.0. The Morgan fingerprint density at radius 1 is 1.43 bits per heavy atom. The smallest absolute Gasteiger partial charge is 0.191 e. The van der Waals surface area contributed by atoms with E-state index in [4.69, 9.17) is 5.73 Å². The molecule has 5 heteroatoms. The Hall–Kier alpha value is -1.52. The van der Waals surface area contributed by atoms with E-state index in [2.05, 4.69) is 35.8 Å². The summed E-state index contributed by atoms with van der Waals surface area (Å²) in [6, 6.07) is 0. The highest BCUT2D eigenvalue weighted by molar-refractivity contribution is 5.78.